The van der Waals surface area contributed by atoms with E-state index in [-0.39, 0.29) is 0 Å². The first kappa shape index (κ1) is 13.3. The summed E-state index contributed by atoms with van der Waals surface area (Å²) in [6, 6.07) is 0. The van der Waals surface area contributed by atoms with E-state index in [0.29, 0.717) is 0 Å². The summed E-state index contributed by atoms with van der Waals surface area (Å²) in [5.41, 5.74) is 0. The highest BCUT2D eigenvalue weighted by Gasteiger charge is 1.92. The van der Waals surface area contributed by atoms with Gasteiger partial charge in [-0.2, -0.15) is 0 Å². The molecule has 0 saturated heterocycles. The molecule has 0 aliphatic heterocycles. The van der Waals surface area contributed by atoms with Crippen LogP contribution in [-0.4, -0.2) is 16.6 Å². The summed E-state index contributed by atoms with van der Waals surface area (Å²) < 4.78 is 17.0. The third-order valence-corrected chi connectivity index (χ3v) is 1.88. The molecule has 0 spiro atoms. The lowest BCUT2D eigenvalue weighted by Crippen LogP contribution is -2.23. The first-order valence-electron chi connectivity index (χ1n) is 3.99. The Balaban J connectivity index is 0.000000255. The van der Waals surface area contributed by atoms with Gasteiger partial charge in [0.1, 0.15) is 12.4 Å². The maximum atomic E-state index is 9.36. The van der Waals surface area contributed by atoms with Crippen molar-refractivity contribution >= 4 is 7.82 Å². The fraction of sp³-hybridized carbons (Fsp3) is 0.571. The monoisotopic (exact) mass is 222 g/mol. The Labute approximate surface area is 83.0 Å². The van der Waals surface area contributed by atoms with Gasteiger partial charge in [-0.25, -0.2) is 9.13 Å². The second kappa shape index (κ2) is 5.93. The van der Waals surface area contributed by atoms with Crippen LogP contribution in [0.4, 0.5) is 0 Å². The summed E-state index contributed by atoms with van der Waals surface area (Å²) >= 11 is 0. The van der Waals surface area contributed by atoms with E-state index in [1.54, 1.807) is 0 Å². The van der Waals surface area contributed by atoms with Crippen molar-refractivity contribution in [3.8, 4) is 0 Å². The largest absolute Gasteiger partial charge is 0.756 e. The van der Waals surface area contributed by atoms with Gasteiger partial charge in [0, 0.05) is 7.11 Å². The van der Waals surface area contributed by atoms with Crippen molar-refractivity contribution in [2.24, 2.45) is 7.05 Å². The van der Waals surface area contributed by atoms with Gasteiger partial charge in [-0.15, -0.1) is 0 Å². The number of hydrogen-bond acceptors (Lipinski definition) is 3. The van der Waals surface area contributed by atoms with Crippen molar-refractivity contribution in [1.29, 1.82) is 0 Å². The van der Waals surface area contributed by atoms with E-state index in [1.807, 2.05) is 17.8 Å². The molecule has 1 aromatic heterocycles. The molecule has 0 aliphatic carbocycles. The Morgan fingerprint density at radius 3 is 2.36 bits per heavy atom. The van der Waals surface area contributed by atoms with Crippen LogP contribution in [-0.2, 0) is 22.7 Å². The number of hydrogen-bond donors (Lipinski definition) is 1. The first-order chi connectivity index (χ1) is 6.39. The summed E-state index contributed by atoms with van der Waals surface area (Å²) in [5.74, 6) is 0. The van der Waals surface area contributed by atoms with Gasteiger partial charge in [-0.1, -0.05) is 0 Å². The van der Waals surface area contributed by atoms with Gasteiger partial charge in [0.2, 0.25) is 6.33 Å². The minimum atomic E-state index is -4.40. The Morgan fingerprint density at radius 1 is 1.71 bits per heavy atom. The number of rotatable bonds is 2. The second-order valence-corrected chi connectivity index (χ2v) is 3.86. The standard InChI is InChI=1S/C6H11N2.CH5O4P/c1-3-8-5-4-7(2)6-8;1-5-6(2,3)4/h4-6H,3H2,1-2H3;1H3,(H2,2,3,4)/q+1;/p-1. The molecule has 0 aliphatic rings. The van der Waals surface area contributed by atoms with Crippen LogP contribution in [0.2, 0.25) is 0 Å². The van der Waals surface area contributed by atoms with E-state index in [0.717, 1.165) is 13.7 Å². The molecular weight excluding hydrogens is 207 g/mol. The topological polar surface area (TPSA) is 78.4 Å². The van der Waals surface area contributed by atoms with E-state index in [4.69, 9.17) is 4.89 Å². The van der Waals surface area contributed by atoms with Gasteiger partial charge in [0.25, 0.3) is 7.82 Å². The van der Waals surface area contributed by atoms with Crippen LogP contribution in [0.15, 0.2) is 18.7 Å². The van der Waals surface area contributed by atoms with Crippen LogP contribution in [0.1, 0.15) is 6.92 Å². The van der Waals surface area contributed by atoms with Crippen molar-refractivity contribution in [2.45, 2.75) is 13.5 Å². The van der Waals surface area contributed by atoms with Crippen LogP contribution in [0.25, 0.3) is 0 Å². The van der Waals surface area contributed by atoms with Crippen LogP contribution in [0, 0.1) is 0 Å². The lowest BCUT2D eigenvalue weighted by molar-refractivity contribution is -0.671. The molecule has 1 aromatic rings. The summed E-state index contributed by atoms with van der Waals surface area (Å²) in [6.45, 7) is 3.18. The summed E-state index contributed by atoms with van der Waals surface area (Å²) in [5, 5.41) is 0. The Bertz CT molecular complexity index is 306. The molecule has 7 heteroatoms. The summed E-state index contributed by atoms with van der Waals surface area (Å²) in [7, 11) is -1.49. The van der Waals surface area contributed by atoms with Gasteiger partial charge in [0.15, 0.2) is 0 Å². The van der Waals surface area contributed by atoms with Crippen molar-refractivity contribution in [1.82, 2.24) is 4.57 Å². The van der Waals surface area contributed by atoms with E-state index >= 15 is 0 Å². The molecule has 0 bridgehead atoms. The highest BCUT2D eigenvalue weighted by molar-refractivity contribution is 7.44. The summed E-state index contributed by atoms with van der Waals surface area (Å²) in [6.07, 6.45) is 6.14. The molecule has 82 valence electrons. The zero-order chi connectivity index (χ0) is 11.2. The van der Waals surface area contributed by atoms with Crippen molar-refractivity contribution < 1.29 is 23.4 Å². The van der Waals surface area contributed by atoms with Crippen molar-refractivity contribution in [3.63, 3.8) is 0 Å². The Hall–Kier alpha value is -0.680. The fourth-order valence-electron chi connectivity index (χ4n) is 0.689. The van der Waals surface area contributed by atoms with E-state index in [9.17, 15) is 9.46 Å². The molecule has 0 amide bonds. The van der Waals surface area contributed by atoms with Gasteiger partial charge in [-0.3, -0.25) is 4.57 Å². The van der Waals surface area contributed by atoms with Crippen molar-refractivity contribution in [3.05, 3.63) is 18.7 Å². The Kier molecular flexibility index (Phi) is 5.64. The maximum absolute atomic E-state index is 9.36. The summed E-state index contributed by atoms with van der Waals surface area (Å²) in [4.78, 5) is 17.0. The molecule has 0 fully saturated rings. The predicted octanol–water partition coefficient (Wildman–Crippen LogP) is -0.574. The number of phosphoric ester groups is 1. The molecule has 1 unspecified atom stereocenters. The second-order valence-electron chi connectivity index (χ2n) is 2.56. The highest BCUT2D eigenvalue weighted by Crippen LogP contribution is 2.27. The lowest BCUT2D eigenvalue weighted by Gasteiger charge is -2.09. The fourth-order valence-corrected chi connectivity index (χ4v) is 0.689. The molecule has 0 radical (unpaired) electrons. The molecule has 0 saturated carbocycles. The van der Waals surface area contributed by atoms with Gasteiger partial charge < -0.3 is 14.3 Å². The third kappa shape index (κ3) is 6.80. The average Bonchev–Trinajstić information content (AvgIpc) is 2.51. The minimum Gasteiger partial charge on any atom is -0.756 e. The number of nitrogens with zero attached hydrogens (tertiary/aromatic N) is 2. The van der Waals surface area contributed by atoms with Crippen LogP contribution in [0.3, 0.4) is 0 Å². The Morgan fingerprint density at radius 2 is 2.21 bits per heavy atom. The quantitative estimate of drug-likeness (QED) is 0.536. The SMILES string of the molecule is CCn1cc[n+](C)c1.COP(=O)([O-])O. The van der Waals surface area contributed by atoms with Crippen LogP contribution in [0.5, 0.6) is 0 Å². The van der Waals surface area contributed by atoms with Gasteiger partial charge >= 0.3 is 0 Å². The molecule has 14 heavy (non-hydrogen) atoms. The van der Waals surface area contributed by atoms with Gasteiger partial charge in [-0.05, 0) is 6.92 Å². The lowest BCUT2D eigenvalue weighted by atomic mass is 10.7. The maximum Gasteiger partial charge on any atom is 0.264 e. The van der Waals surface area contributed by atoms with Crippen LogP contribution < -0.4 is 9.46 Å². The zero-order valence-corrected chi connectivity index (χ0v) is 9.35. The zero-order valence-electron chi connectivity index (χ0n) is 8.45. The molecule has 1 atom stereocenters. The minimum absolute atomic E-state index is 0.883. The normalized spacial score (nSPS) is 14.1. The third-order valence-electron chi connectivity index (χ3n) is 1.42. The molecule has 1 heterocycles. The number of aryl methyl sites for hydroxylation is 2. The first-order valence-corrected chi connectivity index (χ1v) is 5.49. The number of aromatic nitrogens is 2. The van der Waals surface area contributed by atoms with E-state index < -0.39 is 7.82 Å². The molecular formula is C7H15N2O4P. The van der Waals surface area contributed by atoms with E-state index in [2.05, 4.69) is 28.5 Å². The van der Waals surface area contributed by atoms with Crippen molar-refractivity contribution in [2.75, 3.05) is 7.11 Å². The molecule has 6 nitrogen and oxygen atoms in total. The predicted molar refractivity (Wildman–Crippen MR) is 48.1 cm³/mol. The molecule has 1 N–H and O–H groups in total. The smallest absolute Gasteiger partial charge is 0.264 e. The average molecular weight is 222 g/mol. The van der Waals surface area contributed by atoms with Crippen LogP contribution >= 0.6 is 7.82 Å². The number of phosphoric acid groups is 1. The number of imidazole rings is 1. The van der Waals surface area contributed by atoms with E-state index in [1.165, 1.54) is 0 Å². The molecule has 0 aromatic carbocycles. The van der Waals surface area contributed by atoms with Gasteiger partial charge in [0.05, 0.1) is 13.6 Å². The highest BCUT2D eigenvalue weighted by atomic mass is 31.2. The molecule has 1 rings (SSSR count).